The van der Waals surface area contributed by atoms with Crippen LogP contribution in [0.1, 0.15) is 24.4 Å². The zero-order valence-corrected chi connectivity index (χ0v) is 11.9. The highest BCUT2D eigenvalue weighted by Gasteiger charge is 2.23. The molecular formula is C14H16F2N2S. The minimum Gasteiger partial charge on any atom is -0.330 e. The molecule has 0 fully saturated rings. The van der Waals surface area contributed by atoms with E-state index in [-0.39, 0.29) is 11.0 Å². The van der Waals surface area contributed by atoms with Crippen molar-refractivity contribution in [1.82, 2.24) is 4.98 Å². The Morgan fingerprint density at radius 3 is 2.37 bits per heavy atom. The highest BCUT2D eigenvalue weighted by Crippen LogP contribution is 2.30. The van der Waals surface area contributed by atoms with Crippen LogP contribution in [0, 0.1) is 18.6 Å². The number of hydrogen-bond donors (Lipinski definition) is 1. The molecule has 2 aromatic rings. The predicted molar refractivity (Wildman–Crippen MR) is 74.3 cm³/mol. The molecule has 0 radical (unpaired) electrons. The summed E-state index contributed by atoms with van der Waals surface area (Å²) in [5.74, 6) is -1.11. The smallest absolute Gasteiger partial charge is 0.129 e. The fraction of sp³-hybridized carbons (Fsp3) is 0.357. The van der Waals surface area contributed by atoms with Gasteiger partial charge in [-0.25, -0.2) is 13.8 Å². The van der Waals surface area contributed by atoms with Crippen molar-refractivity contribution < 1.29 is 8.78 Å². The Hall–Kier alpha value is -1.33. The zero-order valence-electron chi connectivity index (χ0n) is 11.1. The third-order valence-corrected chi connectivity index (χ3v) is 4.38. The van der Waals surface area contributed by atoms with Crippen LogP contribution in [0.15, 0.2) is 17.5 Å². The lowest BCUT2D eigenvalue weighted by Crippen LogP contribution is -2.27. The molecule has 0 aliphatic carbocycles. The van der Waals surface area contributed by atoms with Crippen LogP contribution in [0.5, 0.6) is 0 Å². The topological polar surface area (TPSA) is 38.9 Å². The summed E-state index contributed by atoms with van der Waals surface area (Å²) in [5.41, 5.74) is 6.54. The molecule has 0 saturated heterocycles. The van der Waals surface area contributed by atoms with Gasteiger partial charge in [0.15, 0.2) is 0 Å². The number of nitrogens with two attached hydrogens (primary N) is 1. The quantitative estimate of drug-likeness (QED) is 0.933. The normalized spacial score (nSPS) is 11.9. The molecule has 0 aliphatic heterocycles. The average Bonchev–Trinajstić information content (AvgIpc) is 2.85. The summed E-state index contributed by atoms with van der Waals surface area (Å²) >= 11 is 1.46. The van der Waals surface area contributed by atoms with Gasteiger partial charge in [-0.05, 0) is 19.1 Å². The van der Waals surface area contributed by atoms with Gasteiger partial charge in [-0.3, -0.25) is 0 Å². The number of thiazole rings is 1. The first kappa shape index (κ1) is 14.1. The summed E-state index contributed by atoms with van der Waals surface area (Å²) in [6, 6.07) is 2.62. The summed E-state index contributed by atoms with van der Waals surface area (Å²) < 4.78 is 27.1. The number of hydrogen-bond acceptors (Lipinski definition) is 3. The summed E-state index contributed by atoms with van der Waals surface area (Å²) in [5, 5.41) is 2.67. The van der Waals surface area contributed by atoms with Crippen molar-refractivity contribution in [2.45, 2.75) is 26.2 Å². The molecule has 0 saturated carbocycles. The zero-order chi connectivity index (χ0) is 14.2. The molecule has 0 unspecified atom stereocenters. The highest BCUT2D eigenvalue weighted by molar-refractivity contribution is 7.10. The monoisotopic (exact) mass is 282 g/mol. The molecule has 1 aromatic carbocycles. The van der Waals surface area contributed by atoms with Gasteiger partial charge in [0.25, 0.3) is 0 Å². The molecule has 2 rings (SSSR count). The Bertz CT molecular complexity index is 582. The van der Waals surface area contributed by atoms with Crippen LogP contribution in [0.4, 0.5) is 8.78 Å². The van der Waals surface area contributed by atoms with E-state index in [1.807, 2.05) is 13.8 Å². The first-order valence-electron chi connectivity index (χ1n) is 5.97. The first-order valence-corrected chi connectivity index (χ1v) is 6.85. The van der Waals surface area contributed by atoms with E-state index in [0.29, 0.717) is 17.8 Å². The van der Waals surface area contributed by atoms with Crippen molar-refractivity contribution in [1.29, 1.82) is 0 Å². The molecule has 0 amide bonds. The van der Waals surface area contributed by atoms with Gasteiger partial charge in [0.05, 0.1) is 5.69 Å². The fourth-order valence-corrected chi connectivity index (χ4v) is 2.56. The predicted octanol–water partition coefficient (Wildman–Crippen LogP) is 3.63. The molecule has 5 heteroatoms. The van der Waals surface area contributed by atoms with Gasteiger partial charge >= 0.3 is 0 Å². The van der Waals surface area contributed by atoms with Gasteiger partial charge in [0, 0.05) is 28.5 Å². The molecule has 1 aromatic heterocycles. The fourth-order valence-electron chi connectivity index (χ4n) is 1.60. The van der Waals surface area contributed by atoms with Crippen LogP contribution in [0.3, 0.4) is 0 Å². The average molecular weight is 282 g/mol. The van der Waals surface area contributed by atoms with E-state index in [2.05, 4.69) is 4.98 Å². The minimum atomic E-state index is -0.553. The first-order chi connectivity index (χ1) is 8.85. The number of aromatic nitrogens is 1. The molecule has 2 N–H and O–H groups in total. The number of benzene rings is 1. The van der Waals surface area contributed by atoms with E-state index < -0.39 is 11.6 Å². The van der Waals surface area contributed by atoms with Gasteiger partial charge in [-0.2, -0.15) is 0 Å². The lowest BCUT2D eigenvalue weighted by Gasteiger charge is -2.18. The maximum Gasteiger partial charge on any atom is 0.129 e. The number of halogens is 2. The van der Waals surface area contributed by atoms with Crippen LogP contribution < -0.4 is 5.73 Å². The highest BCUT2D eigenvalue weighted by atomic mass is 32.1. The van der Waals surface area contributed by atoms with Crippen LogP contribution in [0.2, 0.25) is 0 Å². The second kappa shape index (κ2) is 4.98. The summed E-state index contributed by atoms with van der Waals surface area (Å²) in [6.07, 6.45) is 0. The molecule has 0 bridgehead atoms. The number of rotatable bonds is 3. The van der Waals surface area contributed by atoms with Gasteiger partial charge < -0.3 is 5.73 Å². The van der Waals surface area contributed by atoms with Crippen LogP contribution >= 0.6 is 11.3 Å². The van der Waals surface area contributed by atoms with Gasteiger partial charge in [0.1, 0.15) is 16.6 Å². The van der Waals surface area contributed by atoms with Crippen LogP contribution in [-0.4, -0.2) is 11.5 Å². The number of nitrogens with zero attached hydrogens (tertiary/aromatic N) is 1. The maximum atomic E-state index is 13.5. The lowest BCUT2D eigenvalue weighted by molar-refractivity contribution is 0.536. The lowest BCUT2D eigenvalue weighted by atomic mass is 9.95. The van der Waals surface area contributed by atoms with E-state index in [0.717, 1.165) is 5.01 Å². The second-order valence-electron chi connectivity index (χ2n) is 5.19. The summed E-state index contributed by atoms with van der Waals surface area (Å²) in [6.45, 7) is 5.87. The Morgan fingerprint density at radius 1 is 1.26 bits per heavy atom. The SMILES string of the molecule is Cc1c(F)cc(-c2csc(C(C)(C)CN)n2)cc1F. The van der Waals surface area contributed by atoms with E-state index in [1.54, 1.807) is 5.38 Å². The van der Waals surface area contributed by atoms with Gasteiger partial charge in [0.2, 0.25) is 0 Å². The van der Waals surface area contributed by atoms with Crippen molar-refractivity contribution in [2.75, 3.05) is 6.54 Å². The minimum absolute atomic E-state index is 0.0292. The Labute approximate surface area is 115 Å². The van der Waals surface area contributed by atoms with Crippen molar-refractivity contribution in [3.05, 3.63) is 39.7 Å². The standard InChI is InChI=1S/C14H16F2N2S/c1-8-10(15)4-9(5-11(8)16)12-6-19-13(18-12)14(2,3)7-17/h4-6H,7,17H2,1-3H3. The van der Waals surface area contributed by atoms with E-state index in [1.165, 1.54) is 30.4 Å². The molecule has 1 heterocycles. The summed E-state index contributed by atoms with van der Waals surface area (Å²) in [4.78, 5) is 4.44. The molecular weight excluding hydrogens is 266 g/mol. The van der Waals surface area contributed by atoms with Crippen molar-refractivity contribution in [3.8, 4) is 11.3 Å². The molecule has 0 spiro atoms. The van der Waals surface area contributed by atoms with E-state index in [9.17, 15) is 8.78 Å². The van der Waals surface area contributed by atoms with Crippen LogP contribution in [-0.2, 0) is 5.41 Å². The molecule has 19 heavy (non-hydrogen) atoms. The van der Waals surface area contributed by atoms with Crippen molar-refractivity contribution in [3.63, 3.8) is 0 Å². The largest absolute Gasteiger partial charge is 0.330 e. The van der Waals surface area contributed by atoms with Crippen molar-refractivity contribution in [2.24, 2.45) is 5.73 Å². The van der Waals surface area contributed by atoms with E-state index in [4.69, 9.17) is 5.73 Å². The maximum absolute atomic E-state index is 13.5. The summed E-state index contributed by atoms with van der Waals surface area (Å²) in [7, 11) is 0. The Kier molecular flexibility index (Phi) is 3.69. The molecule has 2 nitrogen and oxygen atoms in total. The molecule has 0 atom stereocenters. The van der Waals surface area contributed by atoms with Gasteiger partial charge in [-0.15, -0.1) is 11.3 Å². The van der Waals surface area contributed by atoms with Crippen LogP contribution in [0.25, 0.3) is 11.3 Å². The molecule has 102 valence electrons. The Balaban J connectivity index is 2.44. The Morgan fingerprint density at radius 2 is 1.84 bits per heavy atom. The van der Waals surface area contributed by atoms with Crippen molar-refractivity contribution >= 4 is 11.3 Å². The van der Waals surface area contributed by atoms with E-state index >= 15 is 0 Å². The van der Waals surface area contributed by atoms with Gasteiger partial charge in [-0.1, -0.05) is 13.8 Å². The second-order valence-corrected chi connectivity index (χ2v) is 6.05. The molecule has 0 aliphatic rings. The third kappa shape index (κ3) is 2.67. The third-order valence-electron chi connectivity index (χ3n) is 3.17.